The van der Waals surface area contributed by atoms with Gasteiger partial charge < -0.3 is 10.1 Å². The first-order valence-electron chi connectivity index (χ1n) is 4.37. The van der Waals surface area contributed by atoms with Gasteiger partial charge in [-0.3, -0.25) is 4.79 Å². The molecule has 1 N–H and O–H groups in total. The van der Waals surface area contributed by atoms with Crippen molar-refractivity contribution < 1.29 is 9.53 Å². The number of carbonyl (C=O) groups excluding carboxylic acids is 1. The molecule has 2 rings (SSSR count). The Morgan fingerprint density at radius 1 is 1.50 bits per heavy atom. The Labute approximate surface area is 86.8 Å². The van der Waals surface area contributed by atoms with Crippen molar-refractivity contribution in [3.05, 3.63) is 18.2 Å². The molecule has 74 valence electrons. The van der Waals surface area contributed by atoms with Gasteiger partial charge in [0.05, 0.1) is 22.9 Å². The lowest BCUT2D eigenvalue weighted by atomic mass is 10.2. The molecule has 0 bridgehead atoms. The Bertz CT molecular complexity index is 378. The van der Waals surface area contributed by atoms with Crippen molar-refractivity contribution in [2.45, 2.75) is 17.1 Å². The predicted molar refractivity (Wildman–Crippen MR) is 56.9 cm³/mol. The van der Waals surface area contributed by atoms with E-state index in [1.54, 1.807) is 7.11 Å². The van der Waals surface area contributed by atoms with Crippen LogP contribution in [0.1, 0.15) is 6.92 Å². The van der Waals surface area contributed by atoms with Gasteiger partial charge in [-0.1, -0.05) is 6.07 Å². The number of fused-ring (bicyclic) bond motifs is 1. The first kappa shape index (κ1) is 9.40. The first-order valence-corrected chi connectivity index (χ1v) is 5.25. The maximum Gasteiger partial charge on any atom is 0.237 e. The average molecular weight is 209 g/mol. The van der Waals surface area contributed by atoms with Crippen LogP contribution in [-0.2, 0) is 4.79 Å². The third-order valence-corrected chi connectivity index (χ3v) is 3.34. The van der Waals surface area contributed by atoms with Crippen LogP contribution in [0.15, 0.2) is 23.1 Å². The maximum absolute atomic E-state index is 11.4. The predicted octanol–water partition coefficient (Wildman–Crippen LogP) is 2.13. The van der Waals surface area contributed by atoms with Crippen molar-refractivity contribution in [2.24, 2.45) is 0 Å². The number of hydrogen-bond acceptors (Lipinski definition) is 3. The average Bonchev–Trinajstić information content (AvgIpc) is 2.19. The lowest BCUT2D eigenvalue weighted by Gasteiger charge is -2.22. The van der Waals surface area contributed by atoms with E-state index in [4.69, 9.17) is 4.74 Å². The van der Waals surface area contributed by atoms with Gasteiger partial charge in [-0.2, -0.15) is 0 Å². The van der Waals surface area contributed by atoms with Crippen LogP contribution >= 0.6 is 11.8 Å². The molecule has 4 heteroatoms. The normalized spacial score (nSPS) is 19.9. The molecule has 1 aliphatic heterocycles. The van der Waals surface area contributed by atoms with Crippen molar-refractivity contribution in [3.8, 4) is 5.75 Å². The Morgan fingerprint density at radius 3 is 3.00 bits per heavy atom. The molecule has 0 radical (unpaired) electrons. The molecule has 1 aromatic carbocycles. The number of nitrogens with one attached hydrogen (secondary N) is 1. The maximum atomic E-state index is 11.4. The van der Waals surface area contributed by atoms with Crippen LogP contribution in [0.4, 0.5) is 5.69 Å². The van der Waals surface area contributed by atoms with Gasteiger partial charge in [0, 0.05) is 0 Å². The van der Waals surface area contributed by atoms with E-state index in [9.17, 15) is 4.79 Å². The minimum absolute atomic E-state index is 0.0516. The van der Waals surface area contributed by atoms with E-state index in [1.165, 1.54) is 11.8 Å². The van der Waals surface area contributed by atoms with Crippen molar-refractivity contribution >= 4 is 23.4 Å². The van der Waals surface area contributed by atoms with Crippen LogP contribution in [0.3, 0.4) is 0 Å². The Morgan fingerprint density at radius 2 is 2.29 bits per heavy atom. The van der Waals surface area contributed by atoms with Crippen LogP contribution in [0, 0.1) is 0 Å². The highest BCUT2D eigenvalue weighted by Gasteiger charge is 2.25. The van der Waals surface area contributed by atoms with Crippen LogP contribution in [0.2, 0.25) is 0 Å². The largest absolute Gasteiger partial charge is 0.496 e. The summed E-state index contributed by atoms with van der Waals surface area (Å²) >= 11 is 1.53. The van der Waals surface area contributed by atoms with E-state index in [1.807, 2.05) is 25.1 Å². The summed E-state index contributed by atoms with van der Waals surface area (Å²) in [5.41, 5.74) is 0.845. The summed E-state index contributed by atoms with van der Waals surface area (Å²) in [5.74, 6) is 0.870. The SMILES string of the molecule is COc1cccc2c1SC(C)C(=O)N2. The molecule has 0 aromatic heterocycles. The van der Waals surface area contributed by atoms with E-state index in [-0.39, 0.29) is 11.2 Å². The van der Waals surface area contributed by atoms with E-state index < -0.39 is 0 Å². The van der Waals surface area contributed by atoms with Gasteiger partial charge in [0.1, 0.15) is 5.75 Å². The molecule has 0 saturated heterocycles. The lowest BCUT2D eigenvalue weighted by Crippen LogP contribution is -2.26. The molecule has 0 aliphatic carbocycles. The van der Waals surface area contributed by atoms with Gasteiger partial charge in [0.15, 0.2) is 0 Å². The number of benzene rings is 1. The summed E-state index contributed by atoms with van der Waals surface area (Å²) in [7, 11) is 1.64. The van der Waals surface area contributed by atoms with Crippen LogP contribution in [0.25, 0.3) is 0 Å². The number of thioether (sulfide) groups is 1. The third-order valence-electron chi connectivity index (χ3n) is 2.12. The molecule has 3 nitrogen and oxygen atoms in total. The van der Waals surface area contributed by atoms with E-state index in [0.717, 1.165) is 16.3 Å². The van der Waals surface area contributed by atoms with Gasteiger partial charge >= 0.3 is 0 Å². The Kier molecular flexibility index (Phi) is 2.37. The minimum Gasteiger partial charge on any atom is -0.496 e. The van der Waals surface area contributed by atoms with Crippen LogP contribution in [0.5, 0.6) is 5.75 Å². The summed E-state index contributed by atoms with van der Waals surface area (Å²) in [6.45, 7) is 1.88. The zero-order valence-electron chi connectivity index (χ0n) is 8.03. The Balaban J connectivity index is 2.46. The van der Waals surface area contributed by atoms with Crippen molar-refractivity contribution in [1.82, 2.24) is 0 Å². The summed E-state index contributed by atoms with van der Waals surface area (Å²) in [6, 6.07) is 5.65. The lowest BCUT2D eigenvalue weighted by molar-refractivity contribution is -0.115. The quantitative estimate of drug-likeness (QED) is 0.770. The molecule has 1 amide bonds. The van der Waals surface area contributed by atoms with E-state index in [0.29, 0.717) is 0 Å². The van der Waals surface area contributed by atoms with Crippen LogP contribution in [-0.4, -0.2) is 18.3 Å². The molecular weight excluding hydrogens is 198 g/mol. The molecule has 1 atom stereocenters. The smallest absolute Gasteiger partial charge is 0.237 e. The topological polar surface area (TPSA) is 38.3 Å². The number of anilines is 1. The number of methoxy groups -OCH3 is 1. The summed E-state index contributed by atoms with van der Waals surface area (Å²) in [4.78, 5) is 12.4. The molecule has 1 aromatic rings. The molecule has 1 unspecified atom stereocenters. The number of amides is 1. The number of carbonyl (C=O) groups is 1. The Hall–Kier alpha value is -1.16. The van der Waals surface area contributed by atoms with Crippen molar-refractivity contribution in [2.75, 3.05) is 12.4 Å². The highest BCUT2D eigenvalue weighted by Crippen LogP contribution is 2.41. The minimum atomic E-state index is -0.0567. The van der Waals surface area contributed by atoms with Gasteiger partial charge in [-0.15, -0.1) is 11.8 Å². The summed E-state index contributed by atoms with van der Waals surface area (Å²) in [5, 5.41) is 2.79. The second-order valence-corrected chi connectivity index (χ2v) is 4.44. The third kappa shape index (κ3) is 1.46. The zero-order chi connectivity index (χ0) is 10.1. The van der Waals surface area contributed by atoms with Crippen molar-refractivity contribution in [3.63, 3.8) is 0 Å². The molecule has 0 fully saturated rings. The zero-order valence-corrected chi connectivity index (χ0v) is 8.85. The highest BCUT2D eigenvalue weighted by atomic mass is 32.2. The second kappa shape index (κ2) is 3.53. The number of rotatable bonds is 1. The van der Waals surface area contributed by atoms with Crippen LogP contribution < -0.4 is 10.1 Å². The summed E-state index contributed by atoms with van der Waals surface area (Å²) in [6.07, 6.45) is 0. The first-order chi connectivity index (χ1) is 6.72. The molecule has 0 spiro atoms. The standard InChI is InChI=1S/C10H11NO2S/c1-6-10(12)11-7-4-3-5-8(13-2)9(7)14-6/h3-6H,1-2H3,(H,11,12). The van der Waals surface area contributed by atoms with E-state index >= 15 is 0 Å². The fourth-order valence-corrected chi connectivity index (χ4v) is 2.39. The van der Waals surface area contributed by atoms with Gasteiger partial charge in [0.2, 0.25) is 5.91 Å². The second-order valence-electron chi connectivity index (χ2n) is 3.09. The van der Waals surface area contributed by atoms with E-state index in [2.05, 4.69) is 5.32 Å². The monoisotopic (exact) mass is 209 g/mol. The fraction of sp³-hybridized carbons (Fsp3) is 0.300. The fourth-order valence-electron chi connectivity index (χ4n) is 1.36. The van der Waals surface area contributed by atoms with Gasteiger partial charge in [-0.25, -0.2) is 0 Å². The van der Waals surface area contributed by atoms with Crippen molar-refractivity contribution in [1.29, 1.82) is 0 Å². The number of hydrogen-bond donors (Lipinski definition) is 1. The number of ether oxygens (including phenoxy) is 1. The molecular formula is C10H11NO2S. The molecule has 1 aliphatic rings. The molecule has 1 heterocycles. The molecule has 0 saturated carbocycles. The summed E-state index contributed by atoms with van der Waals surface area (Å²) < 4.78 is 5.22. The van der Waals surface area contributed by atoms with Gasteiger partial charge in [0.25, 0.3) is 0 Å². The van der Waals surface area contributed by atoms with Gasteiger partial charge in [-0.05, 0) is 19.1 Å². The molecule has 14 heavy (non-hydrogen) atoms. The highest BCUT2D eigenvalue weighted by molar-refractivity contribution is 8.01.